The van der Waals surface area contributed by atoms with Gasteiger partial charge in [-0.25, -0.2) is 9.59 Å². The number of carboxylic acid groups (broad SMARTS) is 2. The van der Waals surface area contributed by atoms with E-state index in [0.29, 0.717) is 10.6 Å². The van der Waals surface area contributed by atoms with Crippen molar-refractivity contribution in [2.45, 2.75) is 6.04 Å². The number of nitro groups is 1. The molecule has 21 heavy (non-hydrogen) atoms. The van der Waals surface area contributed by atoms with Crippen molar-refractivity contribution in [2.24, 2.45) is 10.3 Å². The molecule has 0 spiro atoms. The lowest BCUT2D eigenvalue weighted by Gasteiger charge is -2.30. The Balaban J connectivity index is 2.25. The fourth-order valence-corrected chi connectivity index (χ4v) is 1.73. The van der Waals surface area contributed by atoms with Gasteiger partial charge in [0.05, 0.1) is 11.5 Å². The number of nitro benzene ring substituents is 1. The molecule has 1 atom stereocenters. The molecule has 0 saturated heterocycles. The molecule has 2 rings (SSSR count). The molecule has 0 aliphatic carbocycles. The van der Waals surface area contributed by atoms with Gasteiger partial charge in [-0.2, -0.15) is 10.1 Å². The van der Waals surface area contributed by atoms with Crippen LogP contribution in [0.15, 0.2) is 34.6 Å². The lowest BCUT2D eigenvalue weighted by atomic mass is 10.1. The molecule has 0 bridgehead atoms. The monoisotopic (exact) mass is 295 g/mol. The van der Waals surface area contributed by atoms with Crippen molar-refractivity contribution in [1.29, 1.82) is 0 Å². The number of hydrogen-bond acceptors (Lipinski definition) is 6. The lowest BCUT2D eigenvalue weighted by Crippen LogP contribution is -2.49. The second kappa shape index (κ2) is 5.40. The maximum Gasteiger partial charge on any atom is 0.449 e. The summed E-state index contributed by atoms with van der Waals surface area (Å²) in [6.07, 6.45) is -3.08. The molecule has 0 radical (unpaired) electrons. The van der Waals surface area contributed by atoms with Crippen molar-refractivity contribution in [3.05, 3.63) is 39.9 Å². The number of nitrogens with zero attached hydrogens (tertiary/aromatic N) is 5. The van der Waals surface area contributed by atoms with Gasteiger partial charge in [-0.15, -0.1) is 0 Å². The second-order valence-electron chi connectivity index (χ2n) is 4.01. The van der Waals surface area contributed by atoms with Gasteiger partial charge in [0.25, 0.3) is 5.69 Å². The Labute approximate surface area is 116 Å². The number of carbonyl (C=O) groups is 2. The van der Waals surface area contributed by atoms with Crippen LogP contribution in [0, 0.1) is 10.1 Å². The molecule has 1 aromatic carbocycles. The van der Waals surface area contributed by atoms with Crippen LogP contribution in [-0.4, -0.2) is 44.0 Å². The molecule has 1 aromatic rings. The first-order valence-corrected chi connectivity index (χ1v) is 5.58. The topological polar surface area (TPSA) is 149 Å². The Morgan fingerprint density at radius 3 is 2.33 bits per heavy atom. The normalized spacial score (nSPS) is 17.6. The molecule has 1 unspecified atom stereocenters. The molecule has 2 amide bonds. The summed E-state index contributed by atoms with van der Waals surface area (Å²) in [6.45, 7) is -0.261. The van der Waals surface area contributed by atoms with Crippen molar-refractivity contribution < 1.29 is 24.7 Å². The first-order valence-electron chi connectivity index (χ1n) is 5.58. The zero-order valence-corrected chi connectivity index (χ0v) is 10.4. The Morgan fingerprint density at radius 2 is 1.86 bits per heavy atom. The summed E-state index contributed by atoms with van der Waals surface area (Å²) < 4.78 is 0. The van der Waals surface area contributed by atoms with Crippen LogP contribution in [-0.2, 0) is 0 Å². The van der Waals surface area contributed by atoms with Gasteiger partial charge >= 0.3 is 12.2 Å². The van der Waals surface area contributed by atoms with E-state index in [1.165, 1.54) is 24.3 Å². The smallest absolute Gasteiger partial charge is 0.449 e. The molecule has 0 saturated carbocycles. The summed E-state index contributed by atoms with van der Waals surface area (Å²) in [4.78, 5) is 31.8. The summed E-state index contributed by atoms with van der Waals surface area (Å²) in [5, 5.41) is 36.0. The molecule has 0 fully saturated rings. The molecular weight excluding hydrogens is 286 g/mol. The zero-order valence-electron chi connectivity index (χ0n) is 10.4. The number of hydrazine groups is 1. The summed E-state index contributed by atoms with van der Waals surface area (Å²) >= 11 is 0. The summed E-state index contributed by atoms with van der Waals surface area (Å²) in [7, 11) is 0. The molecule has 2 N–H and O–H groups in total. The Morgan fingerprint density at radius 1 is 1.24 bits per heavy atom. The maximum atomic E-state index is 11.0. The molecule has 11 nitrogen and oxygen atoms in total. The van der Waals surface area contributed by atoms with E-state index in [-0.39, 0.29) is 17.4 Å². The predicted molar refractivity (Wildman–Crippen MR) is 65.3 cm³/mol. The number of amides is 2. The highest BCUT2D eigenvalue weighted by molar-refractivity contribution is 5.71. The third kappa shape index (κ3) is 2.86. The van der Waals surface area contributed by atoms with Crippen LogP contribution in [0.3, 0.4) is 0 Å². The SMILES string of the molecule is O=C(O)N1CC(c2ccc([N+](=O)[O-])cc2)N=NN1C(=O)O. The zero-order chi connectivity index (χ0) is 15.6. The molecule has 1 aliphatic rings. The van der Waals surface area contributed by atoms with Crippen LogP contribution >= 0.6 is 0 Å². The van der Waals surface area contributed by atoms with Gasteiger partial charge in [0, 0.05) is 12.1 Å². The average molecular weight is 295 g/mol. The number of rotatable bonds is 2. The molecule has 0 aromatic heterocycles. The fourth-order valence-electron chi connectivity index (χ4n) is 1.73. The first kappa shape index (κ1) is 14.2. The maximum absolute atomic E-state index is 11.0. The van der Waals surface area contributed by atoms with Crippen LogP contribution in [0.4, 0.5) is 15.3 Å². The highest BCUT2D eigenvalue weighted by Gasteiger charge is 2.33. The van der Waals surface area contributed by atoms with Crippen molar-refractivity contribution in [3.8, 4) is 0 Å². The van der Waals surface area contributed by atoms with Crippen molar-refractivity contribution in [1.82, 2.24) is 10.1 Å². The molecule has 110 valence electrons. The van der Waals surface area contributed by atoms with Gasteiger partial charge in [-0.05, 0) is 22.9 Å². The summed E-state index contributed by atoms with van der Waals surface area (Å²) in [5.41, 5.74) is 0.370. The minimum absolute atomic E-state index is 0.117. The minimum Gasteiger partial charge on any atom is -0.464 e. The van der Waals surface area contributed by atoms with E-state index < -0.39 is 23.2 Å². The molecule has 1 aliphatic heterocycles. The predicted octanol–water partition coefficient (Wildman–Crippen LogP) is 1.89. The highest BCUT2D eigenvalue weighted by Crippen LogP contribution is 2.26. The standard InChI is InChI=1S/C10H9N5O6/c16-9(17)13-5-8(11-12-14(13)10(18)19)6-1-3-7(4-2-6)15(20)21/h1-4,8H,5H2,(H,16,17)(H,18,19). The van der Waals surface area contributed by atoms with Crippen LogP contribution in [0.2, 0.25) is 0 Å². The number of hydrogen-bond donors (Lipinski definition) is 2. The average Bonchev–Trinajstić information content (AvgIpc) is 2.46. The minimum atomic E-state index is -1.58. The van der Waals surface area contributed by atoms with Gasteiger partial charge in [0.2, 0.25) is 0 Å². The van der Waals surface area contributed by atoms with E-state index >= 15 is 0 Å². The molecule has 1 heterocycles. The summed E-state index contributed by atoms with van der Waals surface area (Å²) in [5.74, 6) is 0. The third-order valence-electron chi connectivity index (χ3n) is 2.73. The quantitative estimate of drug-likeness (QED) is 0.628. The van der Waals surface area contributed by atoms with Crippen LogP contribution < -0.4 is 0 Å². The van der Waals surface area contributed by atoms with Crippen LogP contribution in [0.25, 0.3) is 0 Å². The van der Waals surface area contributed by atoms with Gasteiger partial charge in [-0.3, -0.25) is 10.1 Å². The van der Waals surface area contributed by atoms with Crippen LogP contribution in [0.1, 0.15) is 11.6 Å². The van der Waals surface area contributed by atoms with E-state index in [9.17, 15) is 19.7 Å². The Hall–Kier alpha value is -3.24. The van der Waals surface area contributed by atoms with E-state index in [1.54, 1.807) is 0 Å². The summed E-state index contributed by atoms with van der Waals surface area (Å²) in [6, 6.07) is 4.59. The molecule has 11 heteroatoms. The Kier molecular flexibility index (Phi) is 3.65. The van der Waals surface area contributed by atoms with E-state index in [1.807, 2.05) is 0 Å². The Bertz CT molecular complexity index is 615. The van der Waals surface area contributed by atoms with Crippen molar-refractivity contribution in [2.75, 3.05) is 6.54 Å². The highest BCUT2D eigenvalue weighted by atomic mass is 16.6. The first-order chi connectivity index (χ1) is 9.90. The van der Waals surface area contributed by atoms with Crippen LogP contribution in [0.5, 0.6) is 0 Å². The van der Waals surface area contributed by atoms with Crippen molar-refractivity contribution in [3.63, 3.8) is 0 Å². The van der Waals surface area contributed by atoms with E-state index in [2.05, 4.69) is 10.3 Å². The second-order valence-corrected chi connectivity index (χ2v) is 4.01. The van der Waals surface area contributed by atoms with Gasteiger partial charge < -0.3 is 10.2 Å². The fraction of sp³-hybridized carbons (Fsp3) is 0.200. The lowest BCUT2D eigenvalue weighted by molar-refractivity contribution is -0.384. The number of non-ortho nitro benzene ring substituents is 1. The van der Waals surface area contributed by atoms with E-state index in [0.717, 1.165) is 0 Å². The number of benzene rings is 1. The van der Waals surface area contributed by atoms with Gasteiger partial charge in [0.15, 0.2) is 0 Å². The van der Waals surface area contributed by atoms with Gasteiger partial charge in [0.1, 0.15) is 6.04 Å². The van der Waals surface area contributed by atoms with Crippen molar-refractivity contribution >= 4 is 17.9 Å². The largest absolute Gasteiger partial charge is 0.464 e. The van der Waals surface area contributed by atoms with E-state index in [4.69, 9.17) is 10.2 Å². The van der Waals surface area contributed by atoms with Gasteiger partial charge in [-0.1, -0.05) is 5.12 Å². The third-order valence-corrected chi connectivity index (χ3v) is 2.73. The molecular formula is C10H9N5O6.